The third kappa shape index (κ3) is 2.70. The molecule has 0 aliphatic carbocycles. The molecule has 1 aromatic heterocycles. The maximum Gasteiger partial charge on any atom is 0.162 e. The van der Waals surface area contributed by atoms with Crippen molar-refractivity contribution in [2.24, 2.45) is 0 Å². The molecule has 0 aliphatic rings. The van der Waals surface area contributed by atoms with E-state index in [2.05, 4.69) is 26.5 Å². The highest BCUT2D eigenvalue weighted by Gasteiger charge is 2.00. The van der Waals surface area contributed by atoms with E-state index in [1.54, 1.807) is 11.8 Å². The van der Waals surface area contributed by atoms with Gasteiger partial charge in [-0.1, -0.05) is 12.1 Å². The molecular formula is C11H12N4S. The van der Waals surface area contributed by atoms with Gasteiger partial charge in [0.1, 0.15) is 12.7 Å². The molecule has 2 aromatic rings. The second kappa shape index (κ2) is 5.46. The average Bonchev–Trinajstić information content (AvgIpc) is 2.38. The fourth-order valence-corrected chi connectivity index (χ4v) is 1.62. The topological polar surface area (TPSA) is 50.7 Å². The molecule has 0 radical (unpaired) electrons. The highest BCUT2D eigenvalue weighted by atomic mass is 32.2. The zero-order valence-electron chi connectivity index (χ0n) is 8.92. The van der Waals surface area contributed by atoms with E-state index in [4.69, 9.17) is 0 Å². The van der Waals surface area contributed by atoms with Crippen LogP contribution < -0.4 is 5.32 Å². The summed E-state index contributed by atoms with van der Waals surface area (Å²) in [7, 11) is 0. The number of rotatable bonds is 4. The molecule has 0 saturated carbocycles. The average molecular weight is 232 g/mol. The van der Waals surface area contributed by atoms with Crippen molar-refractivity contribution in [2.75, 3.05) is 17.4 Å². The minimum Gasteiger partial charge on any atom is -0.376 e. The minimum absolute atomic E-state index is 0.697. The van der Waals surface area contributed by atoms with Gasteiger partial charge < -0.3 is 5.32 Å². The van der Waals surface area contributed by atoms with E-state index in [1.165, 1.54) is 12.7 Å². The SMILES string of the molecule is CSCNc1cccc(-c2ncncn2)c1. The summed E-state index contributed by atoms with van der Waals surface area (Å²) in [5.74, 6) is 1.59. The third-order valence-electron chi connectivity index (χ3n) is 2.03. The van der Waals surface area contributed by atoms with E-state index >= 15 is 0 Å². The van der Waals surface area contributed by atoms with E-state index in [1.807, 2.05) is 24.3 Å². The van der Waals surface area contributed by atoms with Crippen LogP contribution in [0.3, 0.4) is 0 Å². The molecule has 0 atom stereocenters. The summed E-state index contributed by atoms with van der Waals surface area (Å²) in [5, 5.41) is 3.30. The van der Waals surface area contributed by atoms with Crippen molar-refractivity contribution in [3.8, 4) is 11.4 Å². The molecule has 1 aromatic carbocycles. The van der Waals surface area contributed by atoms with E-state index in [0.717, 1.165) is 17.1 Å². The van der Waals surface area contributed by atoms with Crippen molar-refractivity contribution in [1.29, 1.82) is 0 Å². The first kappa shape index (κ1) is 10.9. The Morgan fingerprint density at radius 3 is 2.81 bits per heavy atom. The number of thioether (sulfide) groups is 1. The molecule has 0 amide bonds. The summed E-state index contributed by atoms with van der Waals surface area (Å²) in [6, 6.07) is 8.04. The van der Waals surface area contributed by atoms with Crippen molar-refractivity contribution in [3.05, 3.63) is 36.9 Å². The van der Waals surface area contributed by atoms with Crippen molar-refractivity contribution in [1.82, 2.24) is 15.0 Å². The summed E-state index contributed by atoms with van der Waals surface area (Å²) < 4.78 is 0. The Morgan fingerprint density at radius 1 is 1.25 bits per heavy atom. The Hall–Kier alpha value is -1.62. The molecule has 0 spiro atoms. The van der Waals surface area contributed by atoms with Crippen LogP contribution in [0.15, 0.2) is 36.9 Å². The monoisotopic (exact) mass is 232 g/mol. The largest absolute Gasteiger partial charge is 0.376 e. The fourth-order valence-electron chi connectivity index (χ4n) is 1.31. The zero-order valence-corrected chi connectivity index (χ0v) is 9.74. The van der Waals surface area contributed by atoms with Gasteiger partial charge in [0.05, 0.1) is 5.88 Å². The zero-order chi connectivity index (χ0) is 11.2. The molecule has 82 valence electrons. The van der Waals surface area contributed by atoms with E-state index < -0.39 is 0 Å². The molecule has 0 aliphatic heterocycles. The first-order valence-electron chi connectivity index (χ1n) is 4.85. The molecule has 0 fully saturated rings. The predicted molar refractivity (Wildman–Crippen MR) is 67.3 cm³/mol. The molecule has 2 rings (SSSR count). The van der Waals surface area contributed by atoms with Crippen molar-refractivity contribution >= 4 is 17.4 Å². The van der Waals surface area contributed by atoms with Gasteiger partial charge in [0, 0.05) is 11.3 Å². The van der Waals surface area contributed by atoms with Crippen LogP contribution in [0.1, 0.15) is 0 Å². The lowest BCUT2D eigenvalue weighted by Gasteiger charge is -2.05. The lowest BCUT2D eigenvalue weighted by molar-refractivity contribution is 1.06. The fraction of sp³-hybridized carbons (Fsp3) is 0.182. The van der Waals surface area contributed by atoms with Crippen molar-refractivity contribution in [2.45, 2.75) is 0 Å². The van der Waals surface area contributed by atoms with Gasteiger partial charge in [-0.25, -0.2) is 15.0 Å². The second-order valence-electron chi connectivity index (χ2n) is 3.15. The van der Waals surface area contributed by atoms with Gasteiger partial charge in [0.15, 0.2) is 5.82 Å². The quantitative estimate of drug-likeness (QED) is 0.819. The predicted octanol–water partition coefficient (Wildman–Crippen LogP) is 2.27. The number of nitrogens with one attached hydrogen (secondary N) is 1. The number of hydrogen-bond acceptors (Lipinski definition) is 5. The molecule has 5 heteroatoms. The molecular weight excluding hydrogens is 220 g/mol. The Bertz CT molecular complexity index is 447. The number of anilines is 1. The van der Waals surface area contributed by atoms with Crippen LogP contribution in [0.5, 0.6) is 0 Å². The van der Waals surface area contributed by atoms with Crippen LogP contribution in [0, 0.1) is 0 Å². The van der Waals surface area contributed by atoms with Gasteiger partial charge in [-0.3, -0.25) is 0 Å². The second-order valence-corrected chi connectivity index (χ2v) is 4.02. The minimum atomic E-state index is 0.697. The lowest BCUT2D eigenvalue weighted by atomic mass is 10.2. The Labute approximate surface area is 98.6 Å². The van der Waals surface area contributed by atoms with E-state index in [0.29, 0.717) is 5.82 Å². The Morgan fingerprint density at radius 2 is 2.06 bits per heavy atom. The maximum absolute atomic E-state index is 4.12. The number of hydrogen-bond donors (Lipinski definition) is 1. The standard InChI is InChI=1S/C11H12N4S/c1-16-8-15-10-4-2-3-9(5-10)11-13-6-12-7-14-11/h2-7,15H,8H2,1H3. The molecule has 1 N–H and O–H groups in total. The number of aromatic nitrogens is 3. The summed E-state index contributed by atoms with van der Waals surface area (Å²) in [6.07, 6.45) is 5.07. The molecule has 0 unspecified atom stereocenters. The number of nitrogens with zero attached hydrogens (tertiary/aromatic N) is 3. The summed E-state index contributed by atoms with van der Waals surface area (Å²) in [4.78, 5) is 12.0. The maximum atomic E-state index is 4.12. The third-order valence-corrected chi connectivity index (χ3v) is 2.47. The Kier molecular flexibility index (Phi) is 3.71. The summed E-state index contributed by atoms with van der Waals surface area (Å²) in [5.41, 5.74) is 2.07. The van der Waals surface area contributed by atoms with E-state index in [9.17, 15) is 0 Å². The lowest BCUT2D eigenvalue weighted by Crippen LogP contribution is -1.97. The summed E-state index contributed by atoms with van der Waals surface area (Å²) in [6.45, 7) is 0. The molecule has 16 heavy (non-hydrogen) atoms. The number of benzene rings is 1. The molecule has 1 heterocycles. The van der Waals surface area contributed by atoms with Crippen LogP contribution in [-0.4, -0.2) is 27.1 Å². The van der Waals surface area contributed by atoms with E-state index in [-0.39, 0.29) is 0 Å². The van der Waals surface area contributed by atoms with Gasteiger partial charge in [-0.15, -0.1) is 11.8 Å². The van der Waals surface area contributed by atoms with Crippen LogP contribution in [0.4, 0.5) is 5.69 Å². The van der Waals surface area contributed by atoms with Gasteiger partial charge in [0.25, 0.3) is 0 Å². The van der Waals surface area contributed by atoms with Crippen molar-refractivity contribution < 1.29 is 0 Å². The molecule has 4 nitrogen and oxygen atoms in total. The van der Waals surface area contributed by atoms with Crippen LogP contribution in [0.25, 0.3) is 11.4 Å². The summed E-state index contributed by atoms with van der Waals surface area (Å²) >= 11 is 1.75. The normalized spacial score (nSPS) is 10.1. The van der Waals surface area contributed by atoms with Gasteiger partial charge in [-0.05, 0) is 18.4 Å². The smallest absolute Gasteiger partial charge is 0.162 e. The first-order chi connectivity index (χ1) is 7.90. The van der Waals surface area contributed by atoms with Crippen molar-refractivity contribution in [3.63, 3.8) is 0 Å². The molecule has 0 saturated heterocycles. The highest BCUT2D eigenvalue weighted by molar-refractivity contribution is 7.98. The molecule has 0 bridgehead atoms. The van der Waals surface area contributed by atoms with Gasteiger partial charge >= 0.3 is 0 Å². The van der Waals surface area contributed by atoms with Crippen LogP contribution in [0.2, 0.25) is 0 Å². The van der Waals surface area contributed by atoms with Gasteiger partial charge in [-0.2, -0.15) is 0 Å². The highest BCUT2D eigenvalue weighted by Crippen LogP contribution is 2.18. The van der Waals surface area contributed by atoms with Crippen LogP contribution >= 0.6 is 11.8 Å². The van der Waals surface area contributed by atoms with Gasteiger partial charge in [0.2, 0.25) is 0 Å². The Balaban J connectivity index is 2.22. The first-order valence-corrected chi connectivity index (χ1v) is 6.25. The van der Waals surface area contributed by atoms with Crippen LogP contribution in [-0.2, 0) is 0 Å².